The lowest BCUT2D eigenvalue weighted by Gasteiger charge is -2.11. The first kappa shape index (κ1) is 11.2. The molecule has 1 unspecified atom stereocenters. The van der Waals surface area contributed by atoms with E-state index in [4.69, 9.17) is 4.74 Å². The zero-order chi connectivity index (χ0) is 10.2. The van der Waals surface area contributed by atoms with Gasteiger partial charge in [0, 0.05) is 7.11 Å². The lowest BCUT2D eigenvalue weighted by molar-refractivity contribution is 0.167. The van der Waals surface area contributed by atoms with Gasteiger partial charge >= 0.3 is 0 Å². The van der Waals surface area contributed by atoms with E-state index in [0.29, 0.717) is 5.73 Å². The molecule has 74 valence electrons. The first-order valence-electron chi connectivity index (χ1n) is 4.82. The Kier molecular flexibility index (Phi) is 5.26. The van der Waals surface area contributed by atoms with Crippen molar-refractivity contribution in [2.45, 2.75) is 19.1 Å². The van der Waals surface area contributed by atoms with E-state index in [0.717, 1.165) is 15.9 Å². The van der Waals surface area contributed by atoms with E-state index in [2.05, 4.69) is 36.4 Å². The Morgan fingerprint density at radius 3 is 2.64 bits per heavy atom. The lowest BCUT2D eigenvalue weighted by Crippen LogP contribution is -2.29. The molecule has 0 aliphatic heterocycles. The van der Waals surface area contributed by atoms with Crippen LogP contribution in [0.15, 0.2) is 42.5 Å². The summed E-state index contributed by atoms with van der Waals surface area (Å²) in [6.45, 7) is 2.04. The topological polar surface area (TPSA) is 9.23 Å². The molecule has 0 spiro atoms. The van der Waals surface area contributed by atoms with Crippen molar-refractivity contribution in [1.29, 1.82) is 0 Å². The van der Waals surface area contributed by atoms with Crippen LogP contribution in [-0.4, -0.2) is 22.4 Å². The van der Waals surface area contributed by atoms with Gasteiger partial charge < -0.3 is 4.74 Å². The minimum Gasteiger partial charge on any atom is -0.385 e. The maximum absolute atomic E-state index is 5.42. The van der Waals surface area contributed by atoms with Crippen LogP contribution in [0.5, 0.6) is 0 Å². The molecule has 0 aliphatic carbocycles. The molecule has 1 aromatic carbocycles. The van der Waals surface area contributed by atoms with E-state index < -0.39 is 0 Å². The zero-order valence-electron chi connectivity index (χ0n) is 8.73. The number of hydrogen-bond donors (Lipinski definition) is 0. The Morgan fingerprint density at radius 2 is 2.07 bits per heavy atom. The fraction of sp³-hybridized carbons (Fsp3) is 0.333. The van der Waals surface area contributed by atoms with Crippen molar-refractivity contribution in [1.82, 2.24) is 0 Å². The van der Waals surface area contributed by atoms with Gasteiger partial charge in [-0.1, -0.05) is 47.7 Å². The van der Waals surface area contributed by atoms with Crippen molar-refractivity contribution in [2.75, 3.05) is 7.11 Å². The fourth-order valence-corrected chi connectivity index (χ4v) is 2.32. The highest BCUT2D eigenvalue weighted by Crippen LogP contribution is 1.97. The Balaban J connectivity index is 2.48. The summed E-state index contributed by atoms with van der Waals surface area (Å²) >= 11 is 0. The summed E-state index contributed by atoms with van der Waals surface area (Å²) in [5.74, 6) is 0. The number of allylic oxidation sites excluding steroid dienone is 1. The summed E-state index contributed by atoms with van der Waals surface area (Å²) in [4.78, 5) is 0. The first-order chi connectivity index (χ1) is 6.86. The molecule has 0 saturated carbocycles. The minimum atomic E-state index is 0.327. The molecule has 1 atom stereocenters. The SMILES string of the molecule is C/C=C/CC(OC)[Si]c1ccccc1. The summed E-state index contributed by atoms with van der Waals surface area (Å²) in [7, 11) is 2.51. The second-order valence-corrected chi connectivity index (χ2v) is 4.55. The minimum absolute atomic E-state index is 0.327. The van der Waals surface area contributed by atoms with Crippen molar-refractivity contribution >= 4 is 14.7 Å². The van der Waals surface area contributed by atoms with Gasteiger partial charge in [-0.15, -0.1) is 0 Å². The van der Waals surface area contributed by atoms with Gasteiger partial charge in [0.2, 0.25) is 0 Å². The van der Waals surface area contributed by atoms with Crippen LogP contribution >= 0.6 is 0 Å². The standard InChI is InChI=1S/C12H16OSi/c1-3-4-10-12(13-2)14-11-8-6-5-7-9-11/h3-9,12H,10H2,1-2H3/b4-3+. The highest BCUT2D eigenvalue weighted by Gasteiger charge is 2.07. The number of rotatable bonds is 5. The van der Waals surface area contributed by atoms with Gasteiger partial charge in [-0.3, -0.25) is 0 Å². The maximum atomic E-state index is 5.42. The average molecular weight is 204 g/mol. The Labute approximate surface area is 88.6 Å². The third-order valence-electron chi connectivity index (χ3n) is 1.97. The zero-order valence-corrected chi connectivity index (χ0v) is 9.73. The van der Waals surface area contributed by atoms with Crippen LogP contribution in [0.4, 0.5) is 0 Å². The summed E-state index contributed by atoms with van der Waals surface area (Å²) in [5, 5.41) is 1.36. The number of ether oxygens (including phenoxy) is 1. The van der Waals surface area contributed by atoms with Crippen molar-refractivity contribution in [3.05, 3.63) is 42.5 Å². The summed E-state index contributed by atoms with van der Waals surface area (Å²) in [5.41, 5.74) is 0.327. The van der Waals surface area contributed by atoms with E-state index in [1.807, 2.05) is 13.0 Å². The van der Waals surface area contributed by atoms with Crippen LogP contribution in [0.25, 0.3) is 0 Å². The number of benzene rings is 1. The molecule has 0 N–H and O–H groups in total. The van der Waals surface area contributed by atoms with Crippen molar-refractivity contribution in [3.8, 4) is 0 Å². The van der Waals surface area contributed by atoms with Crippen LogP contribution in [0.2, 0.25) is 0 Å². The Morgan fingerprint density at radius 1 is 1.36 bits per heavy atom. The van der Waals surface area contributed by atoms with Crippen molar-refractivity contribution < 1.29 is 4.74 Å². The summed E-state index contributed by atoms with van der Waals surface area (Å²) < 4.78 is 5.42. The van der Waals surface area contributed by atoms with E-state index in [9.17, 15) is 0 Å². The monoisotopic (exact) mass is 204 g/mol. The van der Waals surface area contributed by atoms with E-state index in [1.54, 1.807) is 7.11 Å². The van der Waals surface area contributed by atoms with Crippen LogP contribution in [0.1, 0.15) is 13.3 Å². The molecule has 0 bridgehead atoms. The fourth-order valence-electron chi connectivity index (χ4n) is 1.19. The molecule has 1 nitrogen and oxygen atoms in total. The van der Waals surface area contributed by atoms with Crippen LogP contribution in [-0.2, 0) is 4.74 Å². The molecule has 0 fully saturated rings. The van der Waals surface area contributed by atoms with Gasteiger partial charge in [0.1, 0.15) is 9.52 Å². The third-order valence-corrected chi connectivity index (χ3v) is 3.43. The summed E-state index contributed by atoms with van der Waals surface area (Å²) in [6.07, 6.45) is 5.23. The summed E-state index contributed by atoms with van der Waals surface area (Å²) in [6, 6.07) is 10.5. The van der Waals surface area contributed by atoms with Crippen LogP contribution in [0, 0.1) is 0 Å². The number of methoxy groups -OCH3 is 1. The largest absolute Gasteiger partial charge is 0.385 e. The maximum Gasteiger partial charge on any atom is 0.119 e. The van der Waals surface area contributed by atoms with E-state index in [-0.39, 0.29) is 0 Å². The van der Waals surface area contributed by atoms with Gasteiger partial charge in [0.15, 0.2) is 0 Å². The highest BCUT2D eigenvalue weighted by molar-refractivity contribution is 6.54. The predicted molar refractivity (Wildman–Crippen MR) is 62.1 cm³/mol. The van der Waals surface area contributed by atoms with Gasteiger partial charge in [-0.25, -0.2) is 0 Å². The number of hydrogen-bond acceptors (Lipinski definition) is 1. The molecule has 1 rings (SSSR count). The van der Waals surface area contributed by atoms with Gasteiger partial charge in [0.25, 0.3) is 0 Å². The molecular formula is C12H16OSi. The molecule has 0 aromatic heterocycles. The van der Waals surface area contributed by atoms with Crippen molar-refractivity contribution in [2.24, 2.45) is 0 Å². The normalized spacial score (nSPS) is 13.3. The van der Waals surface area contributed by atoms with Crippen LogP contribution in [0.3, 0.4) is 0 Å². The second kappa shape index (κ2) is 6.57. The second-order valence-electron chi connectivity index (χ2n) is 3.04. The molecule has 1 aromatic rings. The molecule has 2 radical (unpaired) electrons. The molecule has 2 heteroatoms. The van der Waals surface area contributed by atoms with E-state index >= 15 is 0 Å². The predicted octanol–water partition coefficient (Wildman–Crippen LogP) is 1.95. The molecule has 0 amide bonds. The smallest absolute Gasteiger partial charge is 0.119 e. The first-order valence-corrected chi connectivity index (χ1v) is 5.90. The Bertz CT molecular complexity index is 269. The molecule has 0 heterocycles. The molecular weight excluding hydrogens is 188 g/mol. The molecule has 0 saturated heterocycles. The van der Waals surface area contributed by atoms with Gasteiger partial charge in [-0.2, -0.15) is 0 Å². The highest BCUT2D eigenvalue weighted by atomic mass is 28.2. The Hall–Kier alpha value is -0.863. The molecule has 14 heavy (non-hydrogen) atoms. The molecule has 0 aliphatic rings. The van der Waals surface area contributed by atoms with Crippen molar-refractivity contribution in [3.63, 3.8) is 0 Å². The quantitative estimate of drug-likeness (QED) is 0.526. The third kappa shape index (κ3) is 3.90. The van der Waals surface area contributed by atoms with E-state index in [1.165, 1.54) is 5.19 Å². The average Bonchev–Trinajstić information content (AvgIpc) is 2.25. The van der Waals surface area contributed by atoms with Gasteiger partial charge in [0.05, 0.1) is 5.73 Å². The lowest BCUT2D eigenvalue weighted by atomic mass is 10.4. The van der Waals surface area contributed by atoms with Gasteiger partial charge in [-0.05, 0) is 13.3 Å². The van der Waals surface area contributed by atoms with Crippen LogP contribution < -0.4 is 5.19 Å².